The van der Waals surface area contributed by atoms with Crippen molar-refractivity contribution in [1.29, 1.82) is 0 Å². The summed E-state index contributed by atoms with van der Waals surface area (Å²) in [4.78, 5) is 0. The molecule has 1 fully saturated rings. The Labute approximate surface area is 103 Å². The van der Waals surface area contributed by atoms with E-state index in [4.69, 9.17) is 0 Å². The zero-order valence-electron chi connectivity index (χ0n) is 11.6. The Kier molecular flexibility index (Phi) is 3.81. The first-order valence-corrected chi connectivity index (χ1v) is 7.11. The van der Waals surface area contributed by atoms with Crippen LogP contribution in [0.25, 0.3) is 0 Å². The summed E-state index contributed by atoms with van der Waals surface area (Å²) in [5.41, 5.74) is 1.43. The van der Waals surface area contributed by atoms with Crippen LogP contribution < -0.4 is 0 Å². The van der Waals surface area contributed by atoms with Crippen molar-refractivity contribution in [3.05, 3.63) is 0 Å². The highest BCUT2D eigenvalue weighted by Gasteiger charge is 2.47. The third kappa shape index (κ3) is 3.49. The van der Waals surface area contributed by atoms with Gasteiger partial charge in [-0.3, -0.25) is 0 Å². The van der Waals surface area contributed by atoms with E-state index in [-0.39, 0.29) is 4.75 Å². The van der Waals surface area contributed by atoms with Crippen molar-refractivity contribution in [3.8, 4) is 0 Å². The van der Waals surface area contributed by atoms with Crippen molar-refractivity contribution in [2.24, 2.45) is 21.6 Å². The molecular weight excluding hydrogens is 218 g/mol. The Morgan fingerprint density at radius 3 is 2.00 bits per heavy atom. The summed E-state index contributed by atoms with van der Waals surface area (Å²) in [5, 5.41) is 0. The fourth-order valence-electron chi connectivity index (χ4n) is 1.95. The van der Waals surface area contributed by atoms with Gasteiger partial charge in [0.25, 0.3) is 0 Å². The van der Waals surface area contributed by atoms with Gasteiger partial charge in [-0.05, 0) is 45.4 Å². The first kappa shape index (κ1) is 14.0. The highest BCUT2D eigenvalue weighted by molar-refractivity contribution is 7.91. The van der Waals surface area contributed by atoms with E-state index in [0.29, 0.717) is 17.3 Å². The van der Waals surface area contributed by atoms with Gasteiger partial charge in [-0.25, -0.2) is 0 Å². The molecule has 0 saturated heterocycles. The van der Waals surface area contributed by atoms with Crippen LogP contribution in [0.3, 0.4) is 0 Å². The SMILES string of the molecule is C/C(=N\[S@+]([O-])C(C)(C)C)[C@H]1C[C@@H]1C(C)(C)C. The van der Waals surface area contributed by atoms with E-state index in [2.05, 4.69) is 25.2 Å². The van der Waals surface area contributed by atoms with Crippen LogP contribution in [-0.2, 0) is 11.4 Å². The smallest absolute Gasteiger partial charge is 0.144 e. The highest BCUT2D eigenvalue weighted by atomic mass is 32.2. The minimum Gasteiger partial charge on any atom is -0.591 e. The third-order valence-corrected chi connectivity index (χ3v) is 4.69. The monoisotopic (exact) mass is 243 g/mol. The predicted octanol–water partition coefficient (Wildman–Crippen LogP) is 3.59. The maximum Gasteiger partial charge on any atom is 0.144 e. The first-order chi connectivity index (χ1) is 7.03. The second-order valence-corrected chi connectivity index (χ2v) is 8.81. The zero-order chi connectivity index (χ0) is 12.7. The molecule has 94 valence electrons. The molecule has 0 unspecified atom stereocenters. The molecule has 0 heterocycles. The summed E-state index contributed by atoms with van der Waals surface area (Å²) in [5.74, 6) is 1.28. The second kappa shape index (κ2) is 4.34. The molecule has 0 N–H and O–H groups in total. The van der Waals surface area contributed by atoms with Crippen molar-refractivity contribution < 1.29 is 4.55 Å². The lowest BCUT2D eigenvalue weighted by Gasteiger charge is -2.20. The van der Waals surface area contributed by atoms with Crippen molar-refractivity contribution in [3.63, 3.8) is 0 Å². The van der Waals surface area contributed by atoms with Gasteiger partial charge in [0.1, 0.15) is 16.1 Å². The Balaban J connectivity index is 2.62. The largest absolute Gasteiger partial charge is 0.591 e. The van der Waals surface area contributed by atoms with Crippen molar-refractivity contribution in [1.82, 2.24) is 0 Å². The van der Waals surface area contributed by atoms with Gasteiger partial charge in [0.2, 0.25) is 0 Å². The predicted molar refractivity (Wildman–Crippen MR) is 72.1 cm³/mol. The van der Waals surface area contributed by atoms with Crippen LogP contribution >= 0.6 is 0 Å². The Bertz CT molecular complexity index is 285. The maximum absolute atomic E-state index is 11.9. The molecule has 0 spiro atoms. The van der Waals surface area contributed by atoms with E-state index >= 15 is 0 Å². The molecule has 1 aliphatic carbocycles. The number of hydrogen-bond acceptors (Lipinski definition) is 2. The van der Waals surface area contributed by atoms with Crippen LogP contribution in [0, 0.1) is 17.3 Å². The van der Waals surface area contributed by atoms with E-state index in [1.807, 2.05) is 27.7 Å². The third-order valence-electron chi connectivity index (χ3n) is 3.19. The molecule has 1 rings (SSSR count). The van der Waals surface area contributed by atoms with Gasteiger partial charge in [0.05, 0.1) is 5.71 Å². The second-order valence-electron chi connectivity index (χ2n) is 6.91. The summed E-state index contributed by atoms with van der Waals surface area (Å²) in [6.45, 7) is 14.7. The maximum atomic E-state index is 11.9. The summed E-state index contributed by atoms with van der Waals surface area (Å²) in [6.07, 6.45) is 1.21. The van der Waals surface area contributed by atoms with Crippen LogP contribution in [0.15, 0.2) is 4.40 Å². The molecule has 0 aromatic carbocycles. The zero-order valence-corrected chi connectivity index (χ0v) is 12.4. The van der Waals surface area contributed by atoms with Gasteiger partial charge in [0.15, 0.2) is 0 Å². The van der Waals surface area contributed by atoms with E-state index in [1.165, 1.54) is 6.42 Å². The molecule has 0 aliphatic heterocycles. The summed E-state index contributed by atoms with van der Waals surface area (Å²) >= 11 is -1.10. The van der Waals surface area contributed by atoms with E-state index in [1.54, 1.807) is 0 Å². The first-order valence-electron chi connectivity index (χ1n) is 6.00. The van der Waals surface area contributed by atoms with Crippen molar-refractivity contribution in [2.45, 2.75) is 59.6 Å². The Morgan fingerprint density at radius 2 is 1.69 bits per heavy atom. The van der Waals surface area contributed by atoms with Gasteiger partial charge in [-0.1, -0.05) is 25.2 Å². The lowest BCUT2D eigenvalue weighted by molar-refractivity contribution is 0.342. The normalized spacial score (nSPS) is 29.1. The van der Waals surface area contributed by atoms with Crippen LogP contribution in [0.2, 0.25) is 0 Å². The fourth-order valence-corrected chi connectivity index (χ4v) is 2.62. The molecule has 1 aliphatic rings. The molecule has 0 aromatic rings. The van der Waals surface area contributed by atoms with Gasteiger partial charge >= 0.3 is 0 Å². The van der Waals surface area contributed by atoms with Crippen molar-refractivity contribution >= 4 is 17.1 Å². The minimum absolute atomic E-state index is 0.243. The average molecular weight is 243 g/mol. The molecule has 3 heteroatoms. The standard InChI is InChI=1S/C13H25NOS/c1-9(14-16(15)13(5,6)7)10-8-11(10)12(2,3)4/h10-11H,8H2,1-7H3/b14-9+/t10-,11+,16-/m1/s1. The number of nitrogens with zero attached hydrogens (tertiary/aromatic N) is 1. The number of hydrogen-bond donors (Lipinski definition) is 0. The lowest BCUT2D eigenvalue weighted by Crippen LogP contribution is -2.27. The number of rotatable bonds is 2. The van der Waals surface area contributed by atoms with E-state index in [9.17, 15) is 4.55 Å². The van der Waals surface area contributed by atoms with Crippen LogP contribution in [-0.4, -0.2) is 15.0 Å². The average Bonchev–Trinajstić information content (AvgIpc) is 2.78. The molecule has 0 aromatic heterocycles. The van der Waals surface area contributed by atoms with Gasteiger partial charge in [-0.2, -0.15) is 0 Å². The molecule has 0 radical (unpaired) electrons. The molecule has 1 saturated carbocycles. The summed E-state index contributed by atoms with van der Waals surface area (Å²) < 4.78 is 16.0. The lowest BCUT2D eigenvalue weighted by atomic mass is 9.88. The van der Waals surface area contributed by atoms with Crippen LogP contribution in [0.5, 0.6) is 0 Å². The van der Waals surface area contributed by atoms with E-state index < -0.39 is 11.4 Å². The summed E-state index contributed by atoms with van der Waals surface area (Å²) in [6, 6.07) is 0. The van der Waals surface area contributed by atoms with Gasteiger partial charge in [0, 0.05) is 5.92 Å². The molecule has 3 atom stereocenters. The van der Waals surface area contributed by atoms with Crippen LogP contribution in [0.1, 0.15) is 54.9 Å². The molecule has 0 bridgehead atoms. The molecule has 2 nitrogen and oxygen atoms in total. The highest BCUT2D eigenvalue weighted by Crippen LogP contribution is 2.51. The van der Waals surface area contributed by atoms with Crippen molar-refractivity contribution in [2.75, 3.05) is 0 Å². The Morgan fingerprint density at radius 1 is 1.19 bits per heavy atom. The van der Waals surface area contributed by atoms with Gasteiger partial charge < -0.3 is 4.55 Å². The molecule has 16 heavy (non-hydrogen) atoms. The van der Waals surface area contributed by atoms with Crippen LogP contribution in [0.4, 0.5) is 0 Å². The van der Waals surface area contributed by atoms with E-state index in [0.717, 1.165) is 5.71 Å². The minimum atomic E-state index is -1.10. The molecular formula is C13H25NOS. The van der Waals surface area contributed by atoms with Gasteiger partial charge in [-0.15, -0.1) is 0 Å². The Hall–Kier alpha value is -0.0200. The fraction of sp³-hybridized carbons (Fsp3) is 0.923. The quantitative estimate of drug-likeness (QED) is 0.539. The topological polar surface area (TPSA) is 35.4 Å². The summed E-state index contributed by atoms with van der Waals surface area (Å²) in [7, 11) is 0. The molecule has 0 amide bonds.